The van der Waals surface area contributed by atoms with Gasteiger partial charge in [0.1, 0.15) is 31.3 Å². The van der Waals surface area contributed by atoms with Crippen molar-refractivity contribution in [2.45, 2.75) is 69.7 Å². The van der Waals surface area contributed by atoms with Gasteiger partial charge in [-0.25, -0.2) is 0 Å². The maximum atomic E-state index is 13.3. The van der Waals surface area contributed by atoms with E-state index in [4.69, 9.17) is 29.5 Å². The topological polar surface area (TPSA) is 139 Å². The number of aliphatic hydroxyl groups excluding tert-OH is 1. The van der Waals surface area contributed by atoms with Gasteiger partial charge in [0.15, 0.2) is 11.9 Å². The van der Waals surface area contributed by atoms with E-state index >= 15 is 0 Å². The van der Waals surface area contributed by atoms with Gasteiger partial charge in [0.25, 0.3) is 0 Å². The molecule has 10 heteroatoms. The molecule has 27 heavy (non-hydrogen) atoms. The third-order valence-electron chi connectivity index (χ3n) is 4.64. The minimum absolute atomic E-state index is 0.0236. The second-order valence-electron chi connectivity index (χ2n) is 7.14. The molecule has 2 heterocycles. The predicted molar refractivity (Wildman–Crippen MR) is 92.9 cm³/mol. The van der Waals surface area contributed by atoms with E-state index in [1.807, 2.05) is 12.1 Å². The van der Waals surface area contributed by atoms with Crippen LogP contribution in [0.1, 0.15) is 33.6 Å². The Balaban J connectivity index is 2.29. The number of fused-ring (bicyclic) bond motifs is 1. The lowest BCUT2D eigenvalue weighted by Crippen LogP contribution is -2.51. The molecule has 0 saturated carbocycles. The van der Waals surface area contributed by atoms with Gasteiger partial charge < -0.3 is 28.6 Å². The number of esters is 1. The van der Waals surface area contributed by atoms with Crippen molar-refractivity contribution in [3.63, 3.8) is 0 Å². The molecule has 0 radical (unpaired) electrons. The average Bonchev–Trinajstić information content (AvgIpc) is 2.93. The van der Waals surface area contributed by atoms with Gasteiger partial charge in [-0.1, -0.05) is 0 Å². The lowest BCUT2D eigenvalue weighted by Gasteiger charge is -2.38. The van der Waals surface area contributed by atoms with Gasteiger partial charge in [-0.15, -0.1) is 0 Å². The maximum absolute atomic E-state index is 13.3. The van der Waals surface area contributed by atoms with Gasteiger partial charge in [-0.2, -0.15) is 10.5 Å². The monoisotopic (exact) mass is 400 g/mol. The maximum Gasteiger partial charge on any atom is 0.303 e. The van der Waals surface area contributed by atoms with Crippen molar-refractivity contribution in [1.29, 1.82) is 10.5 Å². The number of nitrogens with zero attached hydrogens (tertiary/aromatic N) is 2. The van der Waals surface area contributed by atoms with E-state index < -0.39 is 49.2 Å². The zero-order valence-electron chi connectivity index (χ0n) is 15.7. The predicted octanol–water partition coefficient (Wildman–Crippen LogP) is 1.35. The highest BCUT2D eigenvalue weighted by Crippen LogP contribution is 2.54. The molecule has 9 nitrogen and oxygen atoms in total. The summed E-state index contributed by atoms with van der Waals surface area (Å²) in [6.45, 7) is 4.82. The average molecular weight is 400 g/mol. The Morgan fingerprint density at radius 2 is 1.93 bits per heavy atom. The Bertz CT molecular complexity index is 662. The molecule has 2 aliphatic rings. The molecular weight excluding hydrogens is 375 g/mol. The molecule has 2 saturated heterocycles. The number of carbonyl (C=O) groups is 1. The van der Waals surface area contributed by atoms with E-state index in [1.54, 1.807) is 13.8 Å². The third-order valence-corrected chi connectivity index (χ3v) is 7.86. The molecule has 0 bridgehead atoms. The highest BCUT2D eigenvalue weighted by Gasteiger charge is 2.57. The molecule has 0 aliphatic carbocycles. The number of hydrogen-bond acceptors (Lipinski definition) is 9. The van der Waals surface area contributed by atoms with Crippen molar-refractivity contribution >= 4 is 13.1 Å². The Hall–Kier alpha value is -1.48. The zero-order valence-corrected chi connectivity index (χ0v) is 16.6. The van der Waals surface area contributed by atoms with Crippen LogP contribution >= 0.6 is 7.14 Å². The van der Waals surface area contributed by atoms with Crippen molar-refractivity contribution in [3.8, 4) is 12.1 Å². The number of rotatable bonds is 7. The molecule has 0 spiro atoms. The second kappa shape index (κ2) is 8.68. The molecule has 1 unspecified atom stereocenters. The fraction of sp³-hybridized carbons (Fsp3) is 0.824. The number of nitriles is 2. The molecule has 0 aromatic rings. The van der Waals surface area contributed by atoms with Crippen LogP contribution in [0, 0.1) is 22.7 Å². The Kier molecular flexibility index (Phi) is 7.02. The van der Waals surface area contributed by atoms with E-state index in [0.717, 1.165) is 0 Å². The van der Waals surface area contributed by atoms with Gasteiger partial charge >= 0.3 is 5.97 Å². The summed E-state index contributed by atoms with van der Waals surface area (Å²) in [5, 5.41) is 28.6. The molecule has 1 N–H and O–H groups in total. The van der Waals surface area contributed by atoms with Gasteiger partial charge in [-0.05, 0) is 13.8 Å². The van der Waals surface area contributed by atoms with Gasteiger partial charge in [-0.3, -0.25) is 4.79 Å². The summed E-state index contributed by atoms with van der Waals surface area (Å²) in [7, 11) is -3.36. The Labute approximate surface area is 158 Å². The summed E-state index contributed by atoms with van der Waals surface area (Å²) in [4.78, 5) is 11.6. The van der Waals surface area contributed by atoms with Crippen molar-refractivity contribution in [1.82, 2.24) is 0 Å². The van der Waals surface area contributed by atoms with E-state index in [-0.39, 0.29) is 31.8 Å². The third kappa shape index (κ3) is 5.07. The number of hydrogen-bond donors (Lipinski definition) is 1. The summed E-state index contributed by atoms with van der Waals surface area (Å²) >= 11 is 0. The fourth-order valence-electron chi connectivity index (χ4n) is 3.37. The smallest absolute Gasteiger partial charge is 0.303 e. The standard InChI is InChI=1S/C17H25N2O7P/c1-11(20)24-14-13-12(10-23-17(2,3)26-13)25-15(14)16(21)27(22,8-4-6-18)9-5-7-19/h12-16,21H,4-5,8-10H2,1-3H3/t12-,13+,14-,15-,16?/m0/s1. The molecule has 0 aromatic carbocycles. The van der Waals surface area contributed by atoms with Crippen LogP contribution in [0.15, 0.2) is 0 Å². The van der Waals surface area contributed by atoms with Crippen molar-refractivity contribution in [2.24, 2.45) is 0 Å². The van der Waals surface area contributed by atoms with Crippen LogP contribution in [-0.2, 0) is 28.3 Å². The summed E-state index contributed by atoms with van der Waals surface area (Å²) in [6.07, 6.45) is -3.48. The van der Waals surface area contributed by atoms with Crippen molar-refractivity contribution in [3.05, 3.63) is 0 Å². The van der Waals surface area contributed by atoms with Crippen LogP contribution in [0.2, 0.25) is 0 Å². The molecule has 2 fully saturated rings. The van der Waals surface area contributed by atoms with Crippen LogP contribution in [-0.4, -0.2) is 66.1 Å². The van der Waals surface area contributed by atoms with E-state index in [1.165, 1.54) is 6.92 Å². The highest BCUT2D eigenvalue weighted by atomic mass is 31.2. The first-order valence-electron chi connectivity index (χ1n) is 8.78. The second-order valence-corrected chi connectivity index (χ2v) is 10.5. The first-order chi connectivity index (χ1) is 12.6. The van der Waals surface area contributed by atoms with Crippen molar-refractivity contribution in [2.75, 3.05) is 18.9 Å². The lowest BCUT2D eigenvalue weighted by molar-refractivity contribution is -0.300. The van der Waals surface area contributed by atoms with E-state index in [0.29, 0.717) is 0 Å². The van der Waals surface area contributed by atoms with E-state index in [9.17, 15) is 14.5 Å². The van der Waals surface area contributed by atoms with Gasteiger partial charge in [0.2, 0.25) is 0 Å². The van der Waals surface area contributed by atoms with Gasteiger partial charge in [0, 0.05) is 32.1 Å². The van der Waals surface area contributed by atoms with Gasteiger partial charge in [0.05, 0.1) is 18.7 Å². The van der Waals surface area contributed by atoms with Crippen LogP contribution in [0.3, 0.4) is 0 Å². The minimum Gasteiger partial charge on any atom is -0.457 e. The van der Waals surface area contributed by atoms with Crippen LogP contribution < -0.4 is 0 Å². The molecule has 0 amide bonds. The van der Waals surface area contributed by atoms with Crippen LogP contribution in [0.4, 0.5) is 0 Å². The molecule has 2 rings (SSSR count). The first-order valence-corrected chi connectivity index (χ1v) is 10.9. The SMILES string of the molecule is CC(=O)O[C@H]1[C@@H]2OC(C)(C)OC[C@@H]2O[C@@H]1C(O)P(=O)(CCC#N)CCC#N. The minimum atomic E-state index is -3.36. The number of aliphatic hydroxyl groups is 1. The lowest BCUT2D eigenvalue weighted by atomic mass is 10.1. The van der Waals surface area contributed by atoms with Crippen LogP contribution in [0.25, 0.3) is 0 Å². The first kappa shape index (κ1) is 21.8. The Morgan fingerprint density at radius 3 is 2.44 bits per heavy atom. The molecule has 2 aliphatic heterocycles. The molecule has 150 valence electrons. The van der Waals surface area contributed by atoms with Crippen LogP contribution in [0.5, 0.6) is 0 Å². The molecule has 5 atom stereocenters. The largest absolute Gasteiger partial charge is 0.457 e. The number of carbonyl (C=O) groups excluding carboxylic acids is 1. The zero-order chi connectivity index (χ0) is 20.2. The quantitative estimate of drug-likeness (QED) is 0.495. The summed E-state index contributed by atoms with van der Waals surface area (Å²) < 4.78 is 35.9. The summed E-state index contributed by atoms with van der Waals surface area (Å²) in [5.41, 5.74) is 0. The normalized spacial score (nSPS) is 30.6. The van der Waals surface area contributed by atoms with E-state index in [2.05, 4.69) is 0 Å². The Morgan fingerprint density at radius 1 is 1.33 bits per heavy atom. The summed E-state index contributed by atoms with van der Waals surface area (Å²) in [5.74, 6) is -2.99. The van der Waals surface area contributed by atoms with Crippen molar-refractivity contribution < 1.29 is 33.4 Å². The molecular formula is C17H25N2O7P. The summed E-state index contributed by atoms with van der Waals surface area (Å²) in [6, 6.07) is 3.82. The highest BCUT2D eigenvalue weighted by molar-refractivity contribution is 7.64. The number of ether oxygens (including phenoxy) is 4. The fourth-order valence-corrected chi connectivity index (χ4v) is 5.85. The molecule has 0 aromatic heterocycles.